The fourth-order valence-corrected chi connectivity index (χ4v) is 1.68. The van der Waals surface area contributed by atoms with Gasteiger partial charge in [0.1, 0.15) is 0 Å². The lowest BCUT2D eigenvalue weighted by Gasteiger charge is -2.23. The van der Waals surface area contributed by atoms with Crippen LogP contribution in [0.1, 0.15) is 25.5 Å². The molecule has 16 heavy (non-hydrogen) atoms. The van der Waals surface area contributed by atoms with E-state index in [0.717, 1.165) is 18.5 Å². The first-order valence-electron chi connectivity index (χ1n) is 5.64. The van der Waals surface area contributed by atoms with Gasteiger partial charge in [0.05, 0.1) is 17.8 Å². The second-order valence-electron chi connectivity index (χ2n) is 4.30. The van der Waals surface area contributed by atoms with Crippen LogP contribution in [0, 0.1) is 0 Å². The molecular formula is C12H17N3O. The first-order chi connectivity index (χ1) is 7.65. The number of nitrogens with two attached hydrogens (primary N) is 1. The van der Waals surface area contributed by atoms with Crippen LogP contribution in [0.3, 0.4) is 0 Å². The summed E-state index contributed by atoms with van der Waals surface area (Å²) in [6.07, 6.45) is 3.36. The van der Waals surface area contributed by atoms with Crippen LogP contribution in [0.5, 0.6) is 0 Å². The van der Waals surface area contributed by atoms with Crippen molar-refractivity contribution >= 4 is 5.91 Å². The molecule has 1 saturated carbocycles. The van der Waals surface area contributed by atoms with Crippen molar-refractivity contribution in [3.63, 3.8) is 0 Å². The maximum atomic E-state index is 12.0. The lowest BCUT2D eigenvalue weighted by atomic mass is 10.2. The molecule has 1 aromatic rings. The summed E-state index contributed by atoms with van der Waals surface area (Å²) in [5, 5.41) is 0. The van der Waals surface area contributed by atoms with Crippen molar-refractivity contribution in [1.82, 2.24) is 9.88 Å². The molecule has 1 aliphatic rings. The molecule has 0 aliphatic heterocycles. The Kier molecular flexibility index (Phi) is 2.92. The Labute approximate surface area is 95.5 Å². The number of carbonyl (C=O) groups excluding carboxylic acids is 1. The average molecular weight is 219 g/mol. The van der Waals surface area contributed by atoms with Gasteiger partial charge in [-0.15, -0.1) is 0 Å². The van der Waals surface area contributed by atoms with Crippen LogP contribution in [0.4, 0.5) is 0 Å². The minimum absolute atomic E-state index is 0.0562. The Bertz CT molecular complexity index is 373. The van der Waals surface area contributed by atoms with E-state index in [0.29, 0.717) is 13.1 Å². The summed E-state index contributed by atoms with van der Waals surface area (Å²) in [6.45, 7) is 3.19. The van der Waals surface area contributed by atoms with Gasteiger partial charge in [0.15, 0.2) is 0 Å². The number of aromatic nitrogens is 1. The molecule has 1 aliphatic carbocycles. The summed E-state index contributed by atoms with van der Waals surface area (Å²) in [7, 11) is 0. The largest absolute Gasteiger partial charge is 0.335 e. The predicted molar refractivity (Wildman–Crippen MR) is 61.5 cm³/mol. The van der Waals surface area contributed by atoms with E-state index < -0.39 is 5.54 Å². The molecule has 0 spiro atoms. The van der Waals surface area contributed by atoms with E-state index in [9.17, 15) is 4.79 Å². The molecule has 4 nitrogen and oxygen atoms in total. The highest BCUT2D eigenvalue weighted by Crippen LogP contribution is 2.34. The van der Waals surface area contributed by atoms with Crippen molar-refractivity contribution in [2.75, 3.05) is 6.54 Å². The van der Waals surface area contributed by atoms with Crippen molar-refractivity contribution < 1.29 is 4.79 Å². The zero-order valence-electron chi connectivity index (χ0n) is 9.52. The Balaban J connectivity index is 2.04. The SMILES string of the molecule is CCN(Cc1ccccn1)C(=O)C1(N)CC1. The second-order valence-corrected chi connectivity index (χ2v) is 4.30. The van der Waals surface area contributed by atoms with Gasteiger partial charge in [-0.2, -0.15) is 0 Å². The molecule has 0 unspecified atom stereocenters. The summed E-state index contributed by atoms with van der Waals surface area (Å²) in [5.74, 6) is 0.0562. The number of pyridine rings is 1. The molecule has 1 amide bonds. The zero-order chi connectivity index (χ0) is 11.6. The molecule has 1 heterocycles. The maximum absolute atomic E-state index is 12.0. The van der Waals surface area contributed by atoms with Gasteiger partial charge >= 0.3 is 0 Å². The highest BCUT2D eigenvalue weighted by Gasteiger charge is 2.47. The fraction of sp³-hybridized carbons (Fsp3) is 0.500. The van der Waals surface area contributed by atoms with Crippen molar-refractivity contribution in [1.29, 1.82) is 0 Å². The number of rotatable bonds is 4. The predicted octanol–water partition coefficient (Wildman–Crippen LogP) is 0.921. The van der Waals surface area contributed by atoms with Crippen molar-refractivity contribution in [3.05, 3.63) is 30.1 Å². The minimum atomic E-state index is -0.579. The summed E-state index contributed by atoms with van der Waals surface area (Å²) >= 11 is 0. The Morgan fingerprint density at radius 1 is 1.56 bits per heavy atom. The first-order valence-corrected chi connectivity index (χ1v) is 5.64. The van der Waals surface area contributed by atoms with Crippen LogP contribution in [-0.4, -0.2) is 27.9 Å². The summed E-state index contributed by atoms with van der Waals surface area (Å²) < 4.78 is 0. The number of likely N-dealkylation sites (N-methyl/N-ethyl adjacent to an activating group) is 1. The molecule has 0 aromatic carbocycles. The monoisotopic (exact) mass is 219 g/mol. The van der Waals surface area contributed by atoms with Crippen LogP contribution in [0.2, 0.25) is 0 Å². The Morgan fingerprint density at radius 3 is 2.81 bits per heavy atom. The Morgan fingerprint density at radius 2 is 2.31 bits per heavy atom. The third kappa shape index (κ3) is 2.22. The van der Waals surface area contributed by atoms with Crippen LogP contribution in [-0.2, 0) is 11.3 Å². The standard InChI is InChI=1S/C12H17N3O/c1-2-15(11(16)12(13)6-7-12)9-10-5-3-4-8-14-10/h3-5,8H,2,6-7,9,13H2,1H3. The summed E-state index contributed by atoms with van der Waals surface area (Å²) in [5.41, 5.74) is 6.23. The van der Waals surface area contributed by atoms with Gasteiger partial charge in [-0.05, 0) is 31.9 Å². The highest BCUT2D eigenvalue weighted by molar-refractivity contribution is 5.89. The zero-order valence-corrected chi connectivity index (χ0v) is 9.52. The number of carbonyl (C=O) groups is 1. The van der Waals surface area contributed by atoms with E-state index in [2.05, 4.69) is 4.98 Å². The van der Waals surface area contributed by atoms with Gasteiger partial charge in [-0.1, -0.05) is 6.07 Å². The molecule has 0 radical (unpaired) electrons. The van der Waals surface area contributed by atoms with Crippen LogP contribution in [0.25, 0.3) is 0 Å². The molecule has 1 aromatic heterocycles. The molecular weight excluding hydrogens is 202 g/mol. The number of hydrogen-bond acceptors (Lipinski definition) is 3. The molecule has 0 atom stereocenters. The molecule has 0 bridgehead atoms. The fourth-order valence-electron chi connectivity index (χ4n) is 1.68. The van der Waals surface area contributed by atoms with E-state index in [1.807, 2.05) is 25.1 Å². The van der Waals surface area contributed by atoms with Gasteiger partial charge in [0.2, 0.25) is 5.91 Å². The normalized spacial score (nSPS) is 16.9. The molecule has 2 rings (SSSR count). The minimum Gasteiger partial charge on any atom is -0.335 e. The number of nitrogens with zero attached hydrogens (tertiary/aromatic N) is 2. The quantitative estimate of drug-likeness (QED) is 0.819. The third-order valence-electron chi connectivity index (χ3n) is 2.96. The third-order valence-corrected chi connectivity index (χ3v) is 2.96. The van der Waals surface area contributed by atoms with Gasteiger partial charge in [-0.3, -0.25) is 9.78 Å². The van der Waals surface area contributed by atoms with Gasteiger partial charge in [0.25, 0.3) is 0 Å². The van der Waals surface area contributed by atoms with Crippen LogP contribution >= 0.6 is 0 Å². The Hall–Kier alpha value is -1.42. The first kappa shape index (κ1) is 11.1. The van der Waals surface area contributed by atoms with E-state index in [1.165, 1.54) is 0 Å². The molecule has 86 valence electrons. The summed E-state index contributed by atoms with van der Waals surface area (Å²) in [4.78, 5) is 18.0. The average Bonchev–Trinajstić information content (AvgIpc) is 3.06. The van der Waals surface area contributed by atoms with E-state index >= 15 is 0 Å². The van der Waals surface area contributed by atoms with E-state index in [1.54, 1.807) is 11.1 Å². The molecule has 0 saturated heterocycles. The van der Waals surface area contributed by atoms with Crippen molar-refractivity contribution in [3.8, 4) is 0 Å². The number of amides is 1. The maximum Gasteiger partial charge on any atom is 0.242 e. The lowest BCUT2D eigenvalue weighted by Crippen LogP contribution is -2.45. The van der Waals surface area contributed by atoms with Gasteiger partial charge in [0, 0.05) is 12.7 Å². The molecule has 4 heteroatoms. The van der Waals surface area contributed by atoms with Gasteiger partial charge in [-0.25, -0.2) is 0 Å². The van der Waals surface area contributed by atoms with Crippen molar-refractivity contribution in [2.24, 2.45) is 5.73 Å². The van der Waals surface area contributed by atoms with Crippen LogP contribution in [0.15, 0.2) is 24.4 Å². The summed E-state index contributed by atoms with van der Waals surface area (Å²) in [6, 6.07) is 5.72. The van der Waals surface area contributed by atoms with Crippen LogP contribution < -0.4 is 5.73 Å². The highest BCUT2D eigenvalue weighted by atomic mass is 16.2. The smallest absolute Gasteiger partial charge is 0.242 e. The van der Waals surface area contributed by atoms with Crippen molar-refractivity contribution in [2.45, 2.75) is 31.8 Å². The number of hydrogen-bond donors (Lipinski definition) is 1. The molecule has 2 N–H and O–H groups in total. The van der Waals surface area contributed by atoms with E-state index in [-0.39, 0.29) is 5.91 Å². The van der Waals surface area contributed by atoms with Gasteiger partial charge < -0.3 is 10.6 Å². The topological polar surface area (TPSA) is 59.2 Å². The van der Waals surface area contributed by atoms with E-state index in [4.69, 9.17) is 5.73 Å². The second kappa shape index (κ2) is 4.22. The lowest BCUT2D eigenvalue weighted by molar-refractivity contribution is -0.134. The molecule has 1 fully saturated rings.